The van der Waals surface area contributed by atoms with E-state index in [0.717, 1.165) is 24.2 Å². The van der Waals surface area contributed by atoms with E-state index in [1.807, 2.05) is 48.3 Å². The Hall–Kier alpha value is -2.47. The highest BCUT2D eigenvalue weighted by molar-refractivity contribution is 5.78. The molecule has 1 fully saturated rings. The molecule has 138 valence electrons. The summed E-state index contributed by atoms with van der Waals surface area (Å²) < 4.78 is 5.88. The number of aryl methyl sites for hydroxylation is 1. The van der Waals surface area contributed by atoms with Gasteiger partial charge in [-0.05, 0) is 42.2 Å². The van der Waals surface area contributed by atoms with E-state index in [1.165, 1.54) is 5.56 Å². The first-order valence-electron chi connectivity index (χ1n) is 9.02. The topological polar surface area (TPSA) is 58.6 Å². The maximum atomic E-state index is 12.5. The molecule has 0 radical (unpaired) electrons. The molecule has 6 heteroatoms. The SMILES string of the molecule is CN(C)c1cc(CC[C@H]2CN(C(=O)Cc3cccnc3)CCO2)ccn1. The molecule has 1 amide bonds. The largest absolute Gasteiger partial charge is 0.375 e. The Balaban J connectivity index is 1.52. The number of pyridine rings is 2. The monoisotopic (exact) mass is 354 g/mol. The molecule has 1 atom stereocenters. The average molecular weight is 354 g/mol. The normalized spacial score (nSPS) is 17.2. The Morgan fingerprint density at radius 2 is 2.19 bits per heavy atom. The molecule has 3 heterocycles. The van der Waals surface area contributed by atoms with Gasteiger partial charge in [-0.1, -0.05) is 6.07 Å². The highest BCUT2D eigenvalue weighted by Crippen LogP contribution is 2.16. The molecule has 26 heavy (non-hydrogen) atoms. The molecule has 1 aliphatic heterocycles. The number of rotatable bonds is 6. The molecule has 2 aromatic rings. The van der Waals surface area contributed by atoms with Crippen molar-refractivity contribution in [1.82, 2.24) is 14.9 Å². The predicted octanol–water partition coefficient (Wildman–Crippen LogP) is 1.95. The molecule has 1 aliphatic rings. The molecule has 0 unspecified atom stereocenters. The van der Waals surface area contributed by atoms with Gasteiger partial charge >= 0.3 is 0 Å². The van der Waals surface area contributed by atoms with Crippen LogP contribution in [0.25, 0.3) is 0 Å². The van der Waals surface area contributed by atoms with E-state index in [9.17, 15) is 4.79 Å². The molecule has 1 saturated heterocycles. The van der Waals surface area contributed by atoms with Crippen molar-refractivity contribution in [3.63, 3.8) is 0 Å². The van der Waals surface area contributed by atoms with Gasteiger partial charge in [-0.3, -0.25) is 9.78 Å². The number of hydrogen-bond acceptors (Lipinski definition) is 5. The van der Waals surface area contributed by atoms with E-state index in [1.54, 1.807) is 12.4 Å². The number of hydrogen-bond donors (Lipinski definition) is 0. The lowest BCUT2D eigenvalue weighted by Crippen LogP contribution is -2.46. The zero-order valence-corrected chi connectivity index (χ0v) is 15.5. The zero-order chi connectivity index (χ0) is 18.4. The van der Waals surface area contributed by atoms with Crippen LogP contribution in [0.2, 0.25) is 0 Å². The van der Waals surface area contributed by atoms with Crippen LogP contribution in [0.1, 0.15) is 17.5 Å². The molecule has 2 aromatic heterocycles. The van der Waals surface area contributed by atoms with Crippen LogP contribution < -0.4 is 4.90 Å². The number of carbonyl (C=O) groups is 1. The van der Waals surface area contributed by atoms with Crippen molar-refractivity contribution >= 4 is 11.7 Å². The lowest BCUT2D eigenvalue weighted by Gasteiger charge is -2.33. The van der Waals surface area contributed by atoms with Gasteiger partial charge in [0.25, 0.3) is 0 Å². The molecule has 0 N–H and O–H groups in total. The maximum absolute atomic E-state index is 12.5. The number of amides is 1. The lowest BCUT2D eigenvalue weighted by atomic mass is 10.1. The summed E-state index contributed by atoms with van der Waals surface area (Å²) in [6, 6.07) is 7.95. The van der Waals surface area contributed by atoms with E-state index in [0.29, 0.717) is 26.1 Å². The Labute approximate surface area is 154 Å². The second-order valence-electron chi connectivity index (χ2n) is 6.83. The molecular weight excluding hydrogens is 328 g/mol. The molecule has 0 saturated carbocycles. The molecule has 0 aromatic carbocycles. The smallest absolute Gasteiger partial charge is 0.227 e. The van der Waals surface area contributed by atoms with Crippen LogP contribution in [0.4, 0.5) is 5.82 Å². The third kappa shape index (κ3) is 5.02. The van der Waals surface area contributed by atoms with Crippen LogP contribution in [0, 0.1) is 0 Å². The van der Waals surface area contributed by atoms with E-state index in [2.05, 4.69) is 16.0 Å². The van der Waals surface area contributed by atoms with Crippen LogP contribution in [-0.2, 0) is 22.4 Å². The van der Waals surface area contributed by atoms with Gasteiger partial charge in [-0.25, -0.2) is 4.98 Å². The highest BCUT2D eigenvalue weighted by Gasteiger charge is 2.24. The van der Waals surface area contributed by atoms with Gasteiger partial charge < -0.3 is 14.5 Å². The minimum absolute atomic E-state index is 0.0811. The molecule has 0 spiro atoms. The number of ether oxygens (including phenoxy) is 1. The van der Waals surface area contributed by atoms with Crippen LogP contribution in [-0.4, -0.2) is 60.7 Å². The minimum atomic E-state index is 0.0811. The standard InChI is InChI=1S/C20H26N4O2/c1-23(2)19-12-16(7-9-22-19)5-6-18-15-24(10-11-26-18)20(25)13-17-4-3-8-21-14-17/h3-4,7-9,12,14,18H,5-6,10-11,13,15H2,1-2H3/t18-/m0/s1. The number of nitrogens with zero attached hydrogens (tertiary/aromatic N) is 4. The van der Waals surface area contributed by atoms with Crippen LogP contribution in [0.15, 0.2) is 42.9 Å². The van der Waals surface area contributed by atoms with Crippen molar-refractivity contribution in [2.24, 2.45) is 0 Å². The Kier molecular flexibility index (Phi) is 6.17. The van der Waals surface area contributed by atoms with Crippen molar-refractivity contribution < 1.29 is 9.53 Å². The minimum Gasteiger partial charge on any atom is -0.375 e. The van der Waals surface area contributed by atoms with Crippen LogP contribution >= 0.6 is 0 Å². The lowest BCUT2D eigenvalue weighted by molar-refractivity contribution is -0.138. The Morgan fingerprint density at radius 1 is 1.31 bits per heavy atom. The van der Waals surface area contributed by atoms with Crippen molar-refractivity contribution in [1.29, 1.82) is 0 Å². The number of anilines is 1. The third-order valence-corrected chi connectivity index (χ3v) is 4.59. The van der Waals surface area contributed by atoms with E-state index < -0.39 is 0 Å². The number of aromatic nitrogens is 2. The third-order valence-electron chi connectivity index (χ3n) is 4.59. The summed E-state index contributed by atoms with van der Waals surface area (Å²) in [5.41, 5.74) is 2.19. The van der Waals surface area contributed by atoms with Crippen molar-refractivity contribution in [3.8, 4) is 0 Å². The van der Waals surface area contributed by atoms with E-state index in [4.69, 9.17) is 4.74 Å². The van der Waals surface area contributed by atoms with Crippen molar-refractivity contribution in [3.05, 3.63) is 54.0 Å². The number of morpholine rings is 1. The quantitative estimate of drug-likeness (QED) is 0.793. The van der Waals surface area contributed by atoms with E-state index in [-0.39, 0.29) is 12.0 Å². The van der Waals surface area contributed by atoms with Gasteiger partial charge in [0, 0.05) is 45.8 Å². The molecular formula is C20H26N4O2. The van der Waals surface area contributed by atoms with Gasteiger partial charge in [0.2, 0.25) is 5.91 Å². The van der Waals surface area contributed by atoms with Gasteiger partial charge in [0.15, 0.2) is 0 Å². The van der Waals surface area contributed by atoms with Gasteiger partial charge in [-0.2, -0.15) is 0 Å². The first kappa shape index (κ1) is 18.3. The summed E-state index contributed by atoms with van der Waals surface area (Å²) in [5.74, 6) is 1.10. The van der Waals surface area contributed by atoms with Crippen LogP contribution in [0.5, 0.6) is 0 Å². The predicted molar refractivity (Wildman–Crippen MR) is 101 cm³/mol. The molecule has 6 nitrogen and oxygen atoms in total. The molecule has 3 rings (SSSR count). The maximum Gasteiger partial charge on any atom is 0.227 e. The second-order valence-corrected chi connectivity index (χ2v) is 6.83. The van der Waals surface area contributed by atoms with Crippen molar-refractivity contribution in [2.45, 2.75) is 25.4 Å². The van der Waals surface area contributed by atoms with Crippen molar-refractivity contribution in [2.75, 3.05) is 38.7 Å². The van der Waals surface area contributed by atoms with Gasteiger partial charge in [0.1, 0.15) is 5.82 Å². The van der Waals surface area contributed by atoms with E-state index >= 15 is 0 Å². The summed E-state index contributed by atoms with van der Waals surface area (Å²) in [7, 11) is 3.98. The average Bonchev–Trinajstić information content (AvgIpc) is 2.67. The second kappa shape index (κ2) is 8.76. The number of carbonyl (C=O) groups excluding carboxylic acids is 1. The summed E-state index contributed by atoms with van der Waals surface area (Å²) >= 11 is 0. The Morgan fingerprint density at radius 3 is 2.96 bits per heavy atom. The van der Waals surface area contributed by atoms with Crippen LogP contribution in [0.3, 0.4) is 0 Å². The first-order valence-corrected chi connectivity index (χ1v) is 9.02. The molecule has 0 aliphatic carbocycles. The summed E-state index contributed by atoms with van der Waals surface area (Å²) in [4.78, 5) is 24.9. The first-order chi connectivity index (χ1) is 12.6. The Bertz CT molecular complexity index is 721. The zero-order valence-electron chi connectivity index (χ0n) is 15.5. The van der Waals surface area contributed by atoms with Gasteiger partial charge in [-0.15, -0.1) is 0 Å². The summed E-state index contributed by atoms with van der Waals surface area (Å²) in [5, 5.41) is 0. The fourth-order valence-corrected chi connectivity index (χ4v) is 3.10. The van der Waals surface area contributed by atoms with Gasteiger partial charge in [0.05, 0.1) is 19.1 Å². The molecule has 0 bridgehead atoms. The fraction of sp³-hybridized carbons (Fsp3) is 0.450. The summed E-state index contributed by atoms with van der Waals surface area (Å²) in [6.07, 6.45) is 7.61. The fourth-order valence-electron chi connectivity index (χ4n) is 3.10. The summed E-state index contributed by atoms with van der Waals surface area (Å²) in [6.45, 7) is 1.92. The highest BCUT2D eigenvalue weighted by atomic mass is 16.5.